The van der Waals surface area contributed by atoms with Gasteiger partial charge in [0.05, 0.1) is 5.52 Å². The first-order valence-corrected chi connectivity index (χ1v) is 9.44. The highest BCUT2D eigenvalue weighted by molar-refractivity contribution is 6.17. The molecule has 3 aromatic rings. The maximum Gasteiger partial charge on any atom is 0.249 e. The van der Waals surface area contributed by atoms with Crippen LogP contribution in [0.4, 0.5) is 0 Å². The van der Waals surface area contributed by atoms with Gasteiger partial charge in [0.1, 0.15) is 0 Å². The molecule has 1 aliphatic carbocycles. The van der Waals surface area contributed by atoms with E-state index in [4.69, 9.17) is 5.73 Å². The number of carbonyl (C=O) groups excluding carboxylic acids is 1. The normalized spacial score (nSPS) is 14.4. The molecule has 1 radical (unpaired) electrons. The van der Waals surface area contributed by atoms with Crippen molar-refractivity contribution in [3.05, 3.63) is 47.5 Å². The molecule has 1 fully saturated rings. The molecule has 1 aromatic heterocycles. The van der Waals surface area contributed by atoms with Crippen molar-refractivity contribution in [2.45, 2.75) is 52.0 Å². The number of carbonyl (C=O) groups is 1. The van der Waals surface area contributed by atoms with E-state index in [1.54, 1.807) is 0 Å². The lowest BCUT2D eigenvalue weighted by molar-refractivity contribution is 0.100. The van der Waals surface area contributed by atoms with E-state index in [0.717, 1.165) is 35.2 Å². The van der Waals surface area contributed by atoms with Crippen LogP contribution in [-0.2, 0) is 13.0 Å². The number of unbranched alkanes of at least 4 members (excludes halogenated alkanes) is 2. The number of aromatic nitrogens is 1. The van der Waals surface area contributed by atoms with Crippen LogP contribution in [-0.4, -0.2) is 10.5 Å². The van der Waals surface area contributed by atoms with E-state index >= 15 is 0 Å². The van der Waals surface area contributed by atoms with Crippen LogP contribution < -0.4 is 5.73 Å². The van der Waals surface area contributed by atoms with Gasteiger partial charge in [-0.05, 0) is 61.4 Å². The Bertz CT molecular complexity index is 934. The van der Waals surface area contributed by atoms with E-state index in [1.165, 1.54) is 43.2 Å². The Balaban J connectivity index is 1.89. The zero-order valence-corrected chi connectivity index (χ0v) is 14.8. The molecule has 4 rings (SSSR count). The summed E-state index contributed by atoms with van der Waals surface area (Å²) in [6, 6.07) is 13.7. The Kier molecular flexibility index (Phi) is 4.24. The lowest BCUT2D eigenvalue weighted by Crippen LogP contribution is -2.11. The Labute approximate surface area is 148 Å². The summed E-state index contributed by atoms with van der Waals surface area (Å²) in [4.78, 5) is 11.9. The smallest absolute Gasteiger partial charge is 0.249 e. The van der Waals surface area contributed by atoms with Gasteiger partial charge in [-0.2, -0.15) is 0 Å². The average Bonchev–Trinajstić information content (AvgIpc) is 3.38. The molecule has 129 valence electrons. The van der Waals surface area contributed by atoms with Crippen molar-refractivity contribution in [2.75, 3.05) is 0 Å². The van der Waals surface area contributed by atoms with Crippen molar-refractivity contribution in [1.82, 2.24) is 4.57 Å². The highest BCUT2D eigenvalue weighted by atomic mass is 16.1. The molecule has 1 heterocycles. The van der Waals surface area contributed by atoms with Crippen LogP contribution in [0.5, 0.6) is 0 Å². The number of primary amides is 1. The van der Waals surface area contributed by atoms with E-state index in [9.17, 15) is 4.79 Å². The number of nitrogens with two attached hydrogens (primary N) is 1. The van der Waals surface area contributed by atoms with Crippen molar-refractivity contribution in [2.24, 2.45) is 11.7 Å². The molecular weight excluding hydrogens is 308 g/mol. The van der Waals surface area contributed by atoms with Crippen LogP contribution in [0.15, 0.2) is 30.3 Å². The summed E-state index contributed by atoms with van der Waals surface area (Å²) in [5, 5.41) is 2.00. The zero-order chi connectivity index (χ0) is 17.4. The first-order valence-electron chi connectivity index (χ1n) is 9.44. The fourth-order valence-corrected chi connectivity index (χ4v) is 3.78. The fraction of sp³-hybridized carbons (Fsp3) is 0.409. The van der Waals surface area contributed by atoms with Crippen LogP contribution >= 0.6 is 0 Å². The van der Waals surface area contributed by atoms with E-state index in [-0.39, 0.29) is 5.91 Å². The molecule has 25 heavy (non-hydrogen) atoms. The van der Waals surface area contributed by atoms with Crippen LogP contribution in [0.1, 0.15) is 54.9 Å². The summed E-state index contributed by atoms with van der Waals surface area (Å²) in [5.74, 6) is 0.399. The van der Waals surface area contributed by atoms with Crippen LogP contribution in [0.2, 0.25) is 0 Å². The lowest BCUT2D eigenvalue weighted by Gasteiger charge is -2.07. The maximum atomic E-state index is 11.9. The molecule has 2 N–H and O–H groups in total. The summed E-state index contributed by atoms with van der Waals surface area (Å²) in [6.07, 6.45) is 7.40. The highest BCUT2D eigenvalue weighted by Crippen LogP contribution is 2.37. The number of fused-ring (bicyclic) bond motifs is 3. The quantitative estimate of drug-likeness (QED) is 0.618. The van der Waals surface area contributed by atoms with Gasteiger partial charge < -0.3 is 10.3 Å². The summed E-state index contributed by atoms with van der Waals surface area (Å²) < 4.78 is 2.38. The predicted molar refractivity (Wildman–Crippen MR) is 103 cm³/mol. The lowest BCUT2D eigenvalue weighted by atomic mass is 10.0. The number of hydrogen-bond acceptors (Lipinski definition) is 1. The molecule has 2 aromatic carbocycles. The number of aryl methyl sites for hydroxylation is 1. The van der Waals surface area contributed by atoms with Gasteiger partial charge in [-0.3, -0.25) is 4.79 Å². The minimum atomic E-state index is -0.364. The predicted octanol–water partition coefficient (Wildman–Crippen LogP) is 4.84. The summed E-state index contributed by atoms with van der Waals surface area (Å²) >= 11 is 0. The molecule has 0 aliphatic heterocycles. The Hall–Kier alpha value is -2.29. The van der Waals surface area contributed by atoms with Crippen molar-refractivity contribution >= 4 is 27.7 Å². The van der Waals surface area contributed by atoms with Crippen molar-refractivity contribution in [3.63, 3.8) is 0 Å². The Morgan fingerprint density at radius 3 is 2.84 bits per heavy atom. The van der Waals surface area contributed by atoms with Gasteiger partial charge >= 0.3 is 0 Å². The summed E-state index contributed by atoms with van der Waals surface area (Å²) in [6.45, 7) is 3.25. The first-order chi connectivity index (χ1) is 12.2. The molecule has 1 amide bonds. The molecule has 1 saturated carbocycles. The standard InChI is InChI=1S/C22H25N2O/c1-2-3-4-6-15-11-12-17-20(13-15)24(14-16-9-10-16)19-8-5-7-18(21(17)19)22(23)25/h5,7-8,11,13,16H,2-4,6,9-10,14H2,1H3,(H2,23,25). The van der Waals surface area contributed by atoms with Gasteiger partial charge in [0.25, 0.3) is 0 Å². The number of hydrogen-bond donors (Lipinski definition) is 1. The second-order valence-electron chi connectivity index (χ2n) is 7.34. The second kappa shape index (κ2) is 6.55. The molecule has 0 saturated heterocycles. The van der Waals surface area contributed by atoms with Gasteiger partial charge in [-0.15, -0.1) is 0 Å². The minimum Gasteiger partial charge on any atom is -0.366 e. The summed E-state index contributed by atoms with van der Waals surface area (Å²) in [5.41, 5.74) is 9.89. The van der Waals surface area contributed by atoms with Gasteiger partial charge in [-0.1, -0.05) is 31.9 Å². The molecule has 1 aliphatic rings. The van der Waals surface area contributed by atoms with Crippen molar-refractivity contribution < 1.29 is 4.79 Å². The number of benzene rings is 2. The van der Waals surface area contributed by atoms with Gasteiger partial charge in [0, 0.05) is 28.4 Å². The number of amides is 1. The molecule has 3 nitrogen and oxygen atoms in total. The molecule has 0 atom stereocenters. The topological polar surface area (TPSA) is 48.0 Å². The molecule has 0 spiro atoms. The highest BCUT2D eigenvalue weighted by Gasteiger charge is 2.25. The third-order valence-corrected chi connectivity index (χ3v) is 5.33. The van der Waals surface area contributed by atoms with E-state index in [0.29, 0.717) is 5.56 Å². The molecular formula is C22H25N2O. The van der Waals surface area contributed by atoms with Gasteiger partial charge in [0.2, 0.25) is 5.91 Å². The average molecular weight is 333 g/mol. The third-order valence-electron chi connectivity index (χ3n) is 5.33. The largest absolute Gasteiger partial charge is 0.366 e. The number of rotatable bonds is 7. The van der Waals surface area contributed by atoms with Crippen molar-refractivity contribution in [3.8, 4) is 0 Å². The van der Waals surface area contributed by atoms with E-state index in [1.807, 2.05) is 12.1 Å². The third kappa shape index (κ3) is 3.04. The minimum absolute atomic E-state index is 0.364. The second-order valence-corrected chi connectivity index (χ2v) is 7.34. The van der Waals surface area contributed by atoms with Crippen molar-refractivity contribution in [1.29, 1.82) is 0 Å². The summed E-state index contributed by atoms with van der Waals surface area (Å²) in [7, 11) is 0. The van der Waals surface area contributed by atoms with E-state index < -0.39 is 0 Å². The maximum absolute atomic E-state index is 11.9. The van der Waals surface area contributed by atoms with Crippen LogP contribution in [0.25, 0.3) is 21.8 Å². The molecule has 0 bridgehead atoms. The monoisotopic (exact) mass is 333 g/mol. The molecule has 3 heteroatoms. The first kappa shape index (κ1) is 16.2. The number of nitrogens with zero attached hydrogens (tertiary/aromatic N) is 1. The van der Waals surface area contributed by atoms with Gasteiger partial charge in [-0.25, -0.2) is 0 Å². The zero-order valence-electron chi connectivity index (χ0n) is 14.8. The fourth-order valence-electron chi connectivity index (χ4n) is 3.78. The molecule has 0 unspecified atom stereocenters. The van der Waals surface area contributed by atoms with E-state index in [2.05, 4.69) is 35.8 Å². The SMILES string of the molecule is CCCCCc1c[c]c2c3c(C(N)=O)cccc3n(CC3CC3)c2c1. The van der Waals surface area contributed by atoms with Crippen LogP contribution in [0, 0.1) is 12.0 Å². The Morgan fingerprint density at radius 2 is 2.12 bits per heavy atom. The van der Waals surface area contributed by atoms with Gasteiger partial charge in [0.15, 0.2) is 0 Å². The van der Waals surface area contributed by atoms with Crippen LogP contribution in [0.3, 0.4) is 0 Å². The Morgan fingerprint density at radius 1 is 1.28 bits per heavy atom.